The van der Waals surface area contributed by atoms with E-state index in [1.807, 2.05) is 0 Å². The van der Waals surface area contributed by atoms with Gasteiger partial charge in [0.2, 0.25) is 0 Å². The highest BCUT2D eigenvalue weighted by atomic mass is 79.9. The molecule has 1 aromatic heterocycles. The van der Waals surface area contributed by atoms with Crippen molar-refractivity contribution in [3.05, 3.63) is 52.0 Å². The van der Waals surface area contributed by atoms with Crippen molar-refractivity contribution in [3.63, 3.8) is 0 Å². The summed E-state index contributed by atoms with van der Waals surface area (Å²) in [5.41, 5.74) is 5.13. The molecule has 2 heterocycles. The second-order valence-corrected chi connectivity index (χ2v) is 5.60. The highest BCUT2D eigenvalue weighted by Gasteiger charge is 2.21. The molecule has 0 fully saturated rings. The number of rotatable bonds is 4. The summed E-state index contributed by atoms with van der Waals surface area (Å²) >= 11 is 3.55. The molecule has 1 aromatic carbocycles. The zero-order chi connectivity index (χ0) is 13.9. The molecule has 20 heavy (non-hydrogen) atoms. The molecular formula is C14H15BrN4O. The van der Waals surface area contributed by atoms with Gasteiger partial charge < -0.3 is 4.74 Å². The van der Waals surface area contributed by atoms with Gasteiger partial charge in [-0.15, -0.1) is 0 Å². The van der Waals surface area contributed by atoms with E-state index in [2.05, 4.69) is 43.5 Å². The average molecular weight is 335 g/mol. The Balaban J connectivity index is 1.91. The number of hydrazine groups is 1. The molecule has 0 radical (unpaired) electrons. The van der Waals surface area contributed by atoms with Crippen molar-refractivity contribution >= 4 is 15.9 Å². The standard InChI is InChI=1S/C14H15BrN4O/c15-11-6-9-2-5-20-13(9)10(7-11)8-12(19-16)14-17-3-1-4-18-14/h1,3-4,6-7,12,19H,2,5,8,16H2. The minimum atomic E-state index is -0.140. The van der Waals surface area contributed by atoms with Gasteiger partial charge in [-0.2, -0.15) is 0 Å². The number of nitrogens with one attached hydrogen (secondary N) is 1. The van der Waals surface area contributed by atoms with Crippen LogP contribution in [0, 0.1) is 0 Å². The van der Waals surface area contributed by atoms with E-state index in [0.717, 1.165) is 28.8 Å². The Morgan fingerprint density at radius 2 is 2.15 bits per heavy atom. The number of halogens is 1. The van der Waals surface area contributed by atoms with Crippen molar-refractivity contribution < 1.29 is 4.74 Å². The van der Waals surface area contributed by atoms with Crippen LogP contribution in [0.1, 0.15) is 23.0 Å². The van der Waals surface area contributed by atoms with Crippen LogP contribution in [0.2, 0.25) is 0 Å². The molecule has 0 amide bonds. The van der Waals surface area contributed by atoms with Crippen LogP contribution >= 0.6 is 15.9 Å². The number of nitrogens with zero attached hydrogens (tertiary/aromatic N) is 2. The van der Waals surface area contributed by atoms with Crippen molar-refractivity contribution in [1.29, 1.82) is 0 Å². The van der Waals surface area contributed by atoms with Crippen molar-refractivity contribution in [3.8, 4) is 5.75 Å². The largest absolute Gasteiger partial charge is 0.493 e. The Morgan fingerprint density at radius 3 is 2.90 bits per heavy atom. The second-order valence-electron chi connectivity index (χ2n) is 4.68. The summed E-state index contributed by atoms with van der Waals surface area (Å²) in [6.07, 6.45) is 5.07. The summed E-state index contributed by atoms with van der Waals surface area (Å²) < 4.78 is 6.79. The van der Waals surface area contributed by atoms with E-state index in [9.17, 15) is 0 Å². The van der Waals surface area contributed by atoms with E-state index >= 15 is 0 Å². The second kappa shape index (κ2) is 5.87. The maximum absolute atomic E-state index is 5.74. The lowest BCUT2D eigenvalue weighted by molar-refractivity contribution is 0.351. The third-order valence-electron chi connectivity index (χ3n) is 3.35. The van der Waals surface area contributed by atoms with Gasteiger partial charge in [-0.05, 0) is 35.7 Å². The third-order valence-corrected chi connectivity index (χ3v) is 3.81. The summed E-state index contributed by atoms with van der Waals surface area (Å²) in [4.78, 5) is 8.51. The average Bonchev–Trinajstić information content (AvgIpc) is 2.93. The predicted octanol–water partition coefficient (Wildman–Crippen LogP) is 1.92. The predicted molar refractivity (Wildman–Crippen MR) is 79.1 cm³/mol. The Morgan fingerprint density at radius 1 is 1.35 bits per heavy atom. The van der Waals surface area contributed by atoms with Gasteiger partial charge in [0, 0.05) is 23.3 Å². The first kappa shape index (κ1) is 13.5. The lowest BCUT2D eigenvalue weighted by Crippen LogP contribution is -2.31. The maximum Gasteiger partial charge on any atom is 0.146 e. The van der Waals surface area contributed by atoms with Gasteiger partial charge in [0.05, 0.1) is 12.6 Å². The molecule has 3 rings (SSSR count). The SMILES string of the molecule is NNC(Cc1cc(Br)cc2c1OCC2)c1ncccn1. The number of ether oxygens (including phenoxy) is 1. The molecule has 2 aromatic rings. The molecule has 0 aliphatic carbocycles. The van der Waals surface area contributed by atoms with E-state index in [0.29, 0.717) is 12.2 Å². The number of hydrogen-bond acceptors (Lipinski definition) is 5. The summed E-state index contributed by atoms with van der Waals surface area (Å²) in [6.45, 7) is 0.737. The molecule has 1 aliphatic rings. The molecule has 0 saturated carbocycles. The molecule has 0 spiro atoms. The fourth-order valence-corrected chi connectivity index (χ4v) is 2.99. The summed E-state index contributed by atoms with van der Waals surface area (Å²) in [7, 11) is 0. The van der Waals surface area contributed by atoms with Crippen LogP contribution < -0.4 is 16.0 Å². The van der Waals surface area contributed by atoms with Crippen LogP contribution in [0.4, 0.5) is 0 Å². The maximum atomic E-state index is 5.74. The molecule has 0 saturated heterocycles. The van der Waals surface area contributed by atoms with Crippen LogP contribution in [0.5, 0.6) is 5.75 Å². The van der Waals surface area contributed by atoms with Crippen LogP contribution in [-0.4, -0.2) is 16.6 Å². The summed E-state index contributed by atoms with van der Waals surface area (Å²) in [5.74, 6) is 7.31. The molecule has 1 aliphatic heterocycles. The molecule has 1 atom stereocenters. The quantitative estimate of drug-likeness (QED) is 0.660. The van der Waals surface area contributed by atoms with Gasteiger partial charge in [-0.1, -0.05) is 15.9 Å². The first-order chi connectivity index (χ1) is 9.78. The molecule has 6 heteroatoms. The number of aromatic nitrogens is 2. The van der Waals surface area contributed by atoms with Crippen molar-refractivity contribution in [2.45, 2.75) is 18.9 Å². The fraction of sp³-hybridized carbons (Fsp3) is 0.286. The lowest BCUT2D eigenvalue weighted by atomic mass is 10.0. The Bertz CT molecular complexity index is 606. The monoisotopic (exact) mass is 334 g/mol. The first-order valence-electron chi connectivity index (χ1n) is 6.45. The smallest absolute Gasteiger partial charge is 0.146 e. The zero-order valence-corrected chi connectivity index (χ0v) is 12.4. The highest BCUT2D eigenvalue weighted by Crippen LogP contribution is 2.34. The molecule has 1 unspecified atom stereocenters. The van der Waals surface area contributed by atoms with Gasteiger partial charge in [0.25, 0.3) is 0 Å². The van der Waals surface area contributed by atoms with Gasteiger partial charge in [0.1, 0.15) is 11.6 Å². The van der Waals surface area contributed by atoms with E-state index in [4.69, 9.17) is 10.6 Å². The molecule has 104 valence electrons. The lowest BCUT2D eigenvalue weighted by Gasteiger charge is -2.16. The first-order valence-corrected chi connectivity index (χ1v) is 7.24. The number of fused-ring (bicyclic) bond motifs is 1. The van der Waals surface area contributed by atoms with E-state index < -0.39 is 0 Å². The Hall–Kier alpha value is -1.50. The van der Waals surface area contributed by atoms with Crippen LogP contribution in [0.3, 0.4) is 0 Å². The van der Waals surface area contributed by atoms with E-state index in [-0.39, 0.29) is 6.04 Å². The number of benzene rings is 1. The van der Waals surface area contributed by atoms with Crippen LogP contribution in [0.25, 0.3) is 0 Å². The van der Waals surface area contributed by atoms with Crippen molar-refractivity contribution in [2.24, 2.45) is 5.84 Å². The fourth-order valence-electron chi connectivity index (χ4n) is 2.43. The van der Waals surface area contributed by atoms with Crippen molar-refractivity contribution in [2.75, 3.05) is 6.61 Å². The van der Waals surface area contributed by atoms with Gasteiger partial charge in [-0.25, -0.2) is 15.4 Å². The summed E-state index contributed by atoms with van der Waals surface area (Å²) in [5, 5.41) is 0. The van der Waals surface area contributed by atoms with Crippen molar-refractivity contribution in [1.82, 2.24) is 15.4 Å². The van der Waals surface area contributed by atoms with Gasteiger partial charge in [0.15, 0.2) is 0 Å². The topological polar surface area (TPSA) is 73.1 Å². The molecule has 0 bridgehead atoms. The Kier molecular flexibility index (Phi) is 3.95. The normalized spacial score (nSPS) is 14.7. The molecule has 5 nitrogen and oxygen atoms in total. The molecule has 3 N–H and O–H groups in total. The summed E-state index contributed by atoms with van der Waals surface area (Å²) in [6, 6.07) is 5.82. The Labute approximate surface area is 125 Å². The van der Waals surface area contributed by atoms with Crippen LogP contribution in [0.15, 0.2) is 35.1 Å². The number of hydrogen-bond donors (Lipinski definition) is 2. The minimum Gasteiger partial charge on any atom is -0.493 e. The highest BCUT2D eigenvalue weighted by molar-refractivity contribution is 9.10. The third kappa shape index (κ3) is 2.67. The van der Waals surface area contributed by atoms with E-state index in [1.54, 1.807) is 18.5 Å². The molecular weight excluding hydrogens is 320 g/mol. The van der Waals surface area contributed by atoms with Gasteiger partial charge in [-0.3, -0.25) is 5.84 Å². The van der Waals surface area contributed by atoms with Gasteiger partial charge >= 0.3 is 0 Å². The van der Waals surface area contributed by atoms with E-state index in [1.165, 1.54) is 5.56 Å². The van der Waals surface area contributed by atoms with Crippen LogP contribution in [-0.2, 0) is 12.8 Å². The number of nitrogens with two attached hydrogens (primary N) is 1. The minimum absolute atomic E-state index is 0.140. The zero-order valence-electron chi connectivity index (χ0n) is 10.8.